The SMILES string of the molecule is N#Cc1c(Cl)nc(OCC2COC2)c(C#N)c1-c1ccc(OC2COC2)cc1. The number of aromatic nitrogens is 1. The Labute approximate surface area is 167 Å². The second kappa shape index (κ2) is 8.04. The van der Waals surface area contributed by atoms with Gasteiger partial charge in [-0.15, -0.1) is 0 Å². The summed E-state index contributed by atoms with van der Waals surface area (Å²) in [6.45, 7) is 2.76. The lowest BCUT2D eigenvalue weighted by Crippen LogP contribution is -2.38. The number of ether oxygens (including phenoxy) is 4. The molecule has 0 saturated carbocycles. The minimum absolute atomic E-state index is 0.00306. The van der Waals surface area contributed by atoms with E-state index in [2.05, 4.69) is 11.1 Å². The molecule has 0 spiro atoms. The van der Waals surface area contributed by atoms with Crippen LogP contribution in [0, 0.1) is 28.6 Å². The molecule has 0 atom stereocenters. The van der Waals surface area contributed by atoms with Gasteiger partial charge in [0, 0.05) is 11.5 Å². The minimum atomic E-state index is 0.00306. The molecule has 142 valence electrons. The standard InChI is InChI=1S/C20H16ClN3O4/c21-19-16(5-22)18(13-1-3-14(4-2-13)28-15-10-26-11-15)17(6-23)20(24-19)27-9-12-7-25-8-12/h1-4,12,15H,7-11H2. The van der Waals surface area contributed by atoms with E-state index in [4.69, 9.17) is 30.5 Å². The summed E-state index contributed by atoms with van der Waals surface area (Å²) in [5, 5.41) is 19.3. The van der Waals surface area contributed by atoms with Crippen molar-refractivity contribution in [2.75, 3.05) is 33.0 Å². The van der Waals surface area contributed by atoms with Crippen molar-refractivity contribution in [3.63, 3.8) is 0 Å². The van der Waals surface area contributed by atoms with Gasteiger partial charge in [-0.1, -0.05) is 23.7 Å². The van der Waals surface area contributed by atoms with Gasteiger partial charge in [-0.05, 0) is 17.7 Å². The van der Waals surface area contributed by atoms with Gasteiger partial charge in [0.05, 0.1) is 38.6 Å². The first-order valence-electron chi connectivity index (χ1n) is 8.78. The molecule has 8 heteroatoms. The summed E-state index contributed by atoms with van der Waals surface area (Å²) < 4.78 is 21.7. The van der Waals surface area contributed by atoms with E-state index in [0.29, 0.717) is 49.9 Å². The summed E-state index contributed by atoms with van der Waals surface area (Å²) in [5.41, 5.74) is 1.38. The first kappa shape index (κ1) is 18.5. The fraction of sp³-hybridized carbons (Fsp3) is 0.350. The molecule has 0 unspecified atom stereocenters. The molecular weight excluding hydrogens is 382 g/mol. The van der Waals surface area contributed by atoms with Crippen molar-refractivity contribution in [2.45, 2.75) is 6.10 Å². The number of hydrogen-bond acceptors (Lipinski definition) is 7. The van der Waals surface area contributed by atoms with Crippen molar-refractivity contribution in [3.8, 4) is 34.9 Å². The van der Waals surface area contributed by atoms with Gasteiger partial charge in [-0.3, -0.25) is 0 Å². The van der Waals surface area contributed by atoms with Gasteiger partial charge in [-0.2, -0.15) is 15.5 Å². The average molecular weight is 398 g/mol. The van der Waals surface area contributed by atoms with Gasteiger partial charge in [0.1, 0.15) is 29.6 Å². The maximum absolute atomic E-state index is 9.74. The third-order valence-electron chi connectivity index (χ3n) is 4.56. The fourth-order valence-corrected chi connectivity index (χ4v) is 3.10. The number of pyridine rings is 1. The molecule has 2 aliphatic rings. The van der Waals surface area contributed by atoms with E-state index in [-0.39, 0.29) is 34.2 Å². The average Bonchev–Trinajstić information content (AvgIpc) is 2.63. The molecule has 3 heterocycles. The molecule has 2 saturated heterocycles. The second-order valence-electron chi connectivity index (χ2n) is 6.57. The van der Waals surface area contributed by atoms with Gasteiger partial charge >= 0.3 is 0 Å². The molecule has 2 fully saturated rings. The highest BCUT2D eigenvalue weighted by atomic mass is 35.5. The smallest absolute Gasteiger partial charge is 0.233 e. The first-order chi connectivity index (χ1) is 13.7. The molecule has 1 aromatic carbocycles. The highest BCUT2D eigenvalue weighted by Crippen LogP contribution is 2.36. The Morgan fingerprint density at radius 2 is 1.71 bits per heavy atom. The molecule has 28 heavy (non-hydrogen) atoms. The Morgan fingerprint density at radius 3 is 2.25 bits per heavy atom. The normalized spacial score (nSPS) is 16.4. The maximum Gasteiger partial charge on any atom is 0.233 e. The largest absolute Gasteiger partial charge is 0.486 e. The van der Waals surface area contributed by atoms with Gasteiger partial charge in [0.15, 0.2) is 5.15 Å². The summed E-state index contributed by atoms with van der Waals surface area (Å²) in [6, 6.07) is 11.3. The molecule has 0 N–H and O–H groups in total. The summed E-state index contributed by atoms with van der Waals surface area (Å²) in [6.07, 6.45) is 0.0565. The lowest BCUT2D eigenvalue weighted by molar-refractivity contribution is -0.0796. The third kappa shape index (κ3) is 3.61. The van der Waals surface area contributed by atoms with E-state index in [1.165, 1.54) is 0 Å². The molecule has 1 aromatic heterocycles. The Hall–Kier alpha value is -2.84. The summed E-state index contributed by atoms with van der Waals surface area (Å²) in [7, 11) is 0. The predicted molar refractivity (Wildman–Crippen MR) is 99.2 cm³/mol. The highest BCUT2D eigenvalue weighted by molar-refractivity contribution is 6.31. The number of rotatable bonds is 6. The van der Waals surface area contributed by atoms with Crippen molar-refractivity contribution in [1.29, 1.82) is 10.5 Å². The lowest BCUT2D eigenvalue weighted by Gasteiger charge is -2.26. The Kier molecular flexibility index (Phi) is 5.31. The van der Waals surface area contributed by atoms with Crippen LogP contribution in [-0.2, 0) is 9.47 Å². The van der Waals surface area contributed by atoms with Gasteiger partial charge in [-0.25, -0.2) is 0 Å². The quantitative estimate of drug-likeness (QED) is 0.691. The summed E-state index contributed by atoms with van der Waals surface area (Å²) >= 11 is 6.22. The second-order valence-corrected chi connectivity index (χ2v) is 6.93. The van der Waals surface area contributed by atoms with E-state index in [0.717, 1.165) is 0 Å². The van der Waals surface area contributed by atoms with Crippen LogP contribution >= 0.6 is 11.6 Å². The number of benzene rings is 1. The molecule has 2 aliphatic heterocycles. The van der Waals surface area contributed by atoms with E-state index in [1.807, 2.05) is 6.07 Å². The molecule has 0 amide bonds. The summed E-state index contributed by atoms with van der Waals surface area (Å²) in [5.74, 6) is 1.08. The molecule has 4 rings (SSSR count). The first-order valence-corrected chi connectivity index (χ1v) is 9.16. The number of nitrogens with zero attached hydrogens (tertiary/aromatic N) is 3. The Morgan fingerprint density at radius 1 is 1.04 bits per heavy atom. The number of nitriles is 2. The number of hydrogen-bond donors (Lipinski definition) is 0. The van der Waals surface area contributed by atoms with Crippen molar-refractivity contribution in [2.24, 2.45) is 5.92 Å². The van der Waals surface area contributed by atoms with E-state index in [1.54, 1.807) is 24.3 Å². The zero-order valence-electron chi connectivity index (χ0n) is 14.9. The van der Waals surface area contributed by atoms with E-state index < -0.39 is 0 Å². The molecule has 0 radical (unpaired) electrons. The van der Waals surface area contributed by atoms with Crippen LogP contribution in [-0.4, -0.2) is 44.1 Å². The fourth-order valence-electron chi connectivity index (χ4n) is 2.89. The van der Waals surface area contributed by atoms with Crippen molar-refractivity contribution < 1.29 is 18.9 Å². The topological polar surface area (TPSA) is 97.4 Å². The Balaban J connectivity index is 1.68. The minimum Gasteiger partial charge on any atom is -0.486 e. The van der Waals surface area contributed by atoms with Crippen LogP contribution in [0.1, 0.15) is 11.1 Å². The zero-order valence-corrected chi connectivity index (χ0v) is 15.6. The van der Waals surface area contributed by atoms with Gasteiger partial charge in [0.2, 0.25) is 5.88 Å². The molecular formula is C20H16ClN3O4. The van der Waals surface area contributed by atoms with Crippen molar-refractivity contribution in [1.82, 2.24) is 4.98 Å². The van der Waals surface area contributed by atoms with Crippen LogP contribution < -0.4 is 9.47 Å². The van der Waals surface area contributed by atoms with Crippen LogP contribution in [0.5, 0.6) is 11.6 Å². The van der Waals surface area contributed by atoms with Gasteiger partial charge < -0.3 is 18.9 Å². The lowest BCUT2D eigenvalue weighted by atomic mass is 9.97. The molecule has 7 nitrogen and oxygen atoms in total. The predicted octanol–water partition coefficient (Wildman–Crippen LogP) is 2.95. The Bertz CT molecular complexity index is 957. The maximum atomic E-state index is 9.74. The molecule has 0 bridgehead atoms. The van der Waals surface area contributed by atoms with Gasteiger partial charge in [0.25, 0.3) is 0 Å². The van der Waals surface area contributed by atoms with E-state index in [9.17, 15) is 10.5 Å². The third-order valence-corrected chi connectivity index (χ3v) is 4.83. The summed E-state index contributed by atoms with van der Waals surface area (Å²) in [4.78, 5) is 4.13. The molecule has 2 aromatic rings. The van der Waals surface area contributed by atoms with Crippen LogP contribution in [0.2, 0.25) is 5.15 Å². The van der Waals surface area contributed by atoms with Crippen molar-refractivity contribution >= 4 is 11.6 Å². The highest BCUT2D eigenvalue weighted by Gasteiger charge is 2.25. The monoisotopic (exact) mass is 397 g/mol. The van der Waals surface area contributed by atoms with Crippen LogP contribution in [0.3, 0.4) is 0 Å². The number of halogens is 1. The van der Waals surface area contributed by atoms with Crippen LogP contribution in [0.15, 0.2) is 24.3 Å². The molecule has 0 aliphatic carbocycles. The van der Waals surface area contributed by atoms with Crippen LogP contribution in [0.4, 0.5) is 0 Å². The van der Waals surface area contributed by atoms with E-state index >= 15 is 0 Å². The van der Waals surface area contributed by atoms with Crippen molar-refractivity contribution in [3.05, 3.63) is 40.5 Å². The zero-order chi connectivity index (χ0) is 19.5. The van der Waals surface area contributed by atoms with Crippen LogP contribution in [0.25, 0.3) is 11.1 Å².